The smallest absolute Gasteiger partial charge is 0.255 e. The van der Waals surface area contributed by atoms with Crippen LogP contribution in [0.25, 0.3) is 0 Å². The number of fused-ring (bicyclic) bond motifs is 3. The molecule has 34 heavy (non-hydrogen) atoms. The Labute approximate surface area is 196 Å². The highest BCUT2D eigenvalue weighted by Gasteiger charge is 2.41. The van der Waals surface area contributed by atoms with E-state index < -0.39 is 0 Å². The van der Waals surface area contributed by atoms with Crippen LogP contribution in [0.2, 0.25) is 0 Å². The van der Waals surface area contributed by atoms with E-state index in [0.29, 0.717) is 30.3 Å². The van der Waals surface area contributed by atoms with E-state index in [2.05, 4.69) is 20.5 Å². The minimum absolute atomic E-state index is 0.128. The minimum Gasteiger partial charge on any atom is -0.350 e. The first-order chi connectivity index (χ1) is 16.5. The van der Waals surface area contributed by atoms with E-state index >= 15 is 0 Å². The fourth-order valence-electron chi connectivity index (χ4n) is 4.45. The lowest BCUT2D eigenvalue weighted by Crippen LogP contribution is -2.51. The highest BCUT2D eigenvalue weighted by molar-refractivity contribution is 6.05. The number of carbonyl (C=O) groups excluding carboxylic acids is 2. The number of benzene rings is 2. The second-order valence-electron chi connectivity index (χ2n) is 8.35. The zero-order chi connectivity index (χ0) is 23.7. The van der Waals surface area contributed by atoms with Gasteiger partial charge >= 0.3 is 0 Å². The van der Waals surface area contributed by atoms with Crippen molar-refractivity contribution in [3.8, 4) is 0 Å². The molecular weight excluding hydrogens is 435 g/mol. The van der Waals surface area contributed by atoms with Crippen LogP contribution in [-0.2, 0) is 11.3 Å². The average Bonchev–Trinajstić information content (AvgIpc) is 3.35. The first-order valence-electron chi connectivity index (χ1n) is 11.4. The summed E-state index contributed by atoms with van der Waals surface area (Å²) < 4.78 is 13.0. The lowest BCUT2D eigenvalue weighted by molar-refractivity contribution is -0.119. The van der Waals surface area contributed by atoms with E-state index in [4.69, 9.17) is 4.98 Å². The summed E-state index contributed by atoms with van der Waals surface area (Å²) in [7, 11) is 0. The normalized spacial score (nSPS) is 16.8. The Morgan fingerprint density at radius 2 is 1.91 bits per heavy atom. The molecule has 0 radical (unpaired) electrons. The van der Waals surface area contributed by atoms with Crippen molar-refractivity contribution in [1.82, 2.24) is 9.97 Å². The van der Waals surface area contributed by atoms with Crippen molar-refractivity contribution in [1.29, 1.82) is 0 Å². The summed E-state index contributed by atoms with van der Waals surface area (Å²) >= 11 is 0. The Balaban J connectivity index is 1.24. The van der Waals surface area contributed by atoms with E-state index in [1.165, 1.54) is 24.3 Å². The van der Waals surface area contributed by atoms with Crippen molar-refractivity contribution >= 4 is 35.0 Å². The van der Waals surface area contributed by atoms with Crippen LogP contribution in [0.3, 0.4) is 0 Å². The Hall–Kier alpha value is -4.01. The number of hydrogen-bond acceptors (Lipinski definition) is 6. The fourth-order valence-corrected chi connectivity index (χ4v) is 4.45. The monoisotopic (exact) mass is 460 g/mol. The maximum Gasteiger partial charge on any atom is 0.255 e. The zero-order valence-electron chi connectivity index (χ0n) is 18.8. The topological polar surface area (TPSA) is 90.5 Å². The molecule has 0 saturated carbocycles. The summed E-state index contributed by atoms with van der Waals surface area (Å²) in [6.45, 7) is 3.88. The first kappa shape index (κ1) is 21.8. The van der Waals surface area contributed by atoms with E-state index in [9.17, 15) is 14.0 Å². The molecule has 2 aliphatic heterocycles. The number of carbonyl (C=O) groups is 2. The van der Waals surface area contributed by atoms with Gasteiger partial charge in [-0.3, -0.25) is 9.59 Å². The van der Waals surface area contributed by atoms with E-state index in [1.54, 1.807) is 11.1 Å². The summed E-state index contributed by atoms with van der Waals surface area (Å²) in [4.78, 5) is 38.1. The summed E-state index contributed by atoms with van der Waals surface area (Å²) in [5.41, 5.74) is 2.79. The number of rotatable bonds is 6. The average molecular weight is 461 g/mol. The van der Waals surface area contributed by atoms with Gasteiger partial charge in [0.05, 0.1) is 6.20 Å². The predicted molar refractivity (Wildman–Crippen MR) is 129 cm³/mol. The van der Waals surface area contributed by atoms with Crippen molar-refractivity contribution in [3.05, 3.63) is 71.7 Å². The largest absolute Gasteiger partial charge is 0.350 e. The van der Waals surface area contributed by atoms with Crippen LogP contribution < -0.4 is 20.4 Å². The summed E-state index contributed by atoms with van der Waals surface area (Å²) in [5.74, 6) is 0.758. The zero-order valence-corrected chi connectivity index (χ0v) is 18.8. The van der Waals surface area contributed by atoms with Gasteiger partial charge in [-0.25, -0.2) is 9.37 Å². The number of nitrogens with one attached hydrogen (secondary N) is 2. The molecule has 8 nitrogen and oxygen atoms in total. The predicted octanol–water partition coefficient (Wildman–Crippen LogP) is 3.82. The van der Waals surface area contributed by atoms with Gasteiger partial charge in [-0.15, -0.1) is 0 Å². The highest BCUT2D eigenvalue weighted by Crippen LogP contribution is 2.38. The van der Waals surface area contributed by atoms with Gasteiger partial charge in [0.25, 0.3) is 5.91 Å². The summed E-state index contributed by atoms with van der Waals surface area (Å²) in [6.07, 6.45) is 3.55. The summed E-state index contributed by atoms with van der Waals surface area (Å²) in [6, 6.07) is 12.7. The van der Waals surface area contributed by atoms with Gasteiger partial charge in [0.1, 0.15) is 17.5 Å². The molecule has 0 bridgehead atoms. The number of likely N-dealkylation sites (N-methyl/N-ethyl adjacent to an activating group) is 1. The highest BCUT2D eigenvalue weighted by atomic mass is 19.1. The quantitative estimate of drug-likeness (QED) is 0.581. The third-order valence-electron chi connectivity index (χ3n) is 6.20. The molecule has 1 aromatic heterocycles. The van der Waals surface area contributed by atoms with Gasteiger partial charge < -0.3 is 20.4 Å². The van der Waals surface area contributed by atoms with Crippen molar-refractivity contribution < 1.29 is 14.0 Å². The molecule has 1 fully saturated rings. The Morgan fingerprint density at radius 1 is 1.15 bits per heavy atom. The third-order valence-corrected chi connectivity index (χ3v) is 6.20. The molecule has 3 aromatic rings. The third kappa shape index (κ3) is 4.16. The Morgan fingerprint density at radius 3 is 2.65 bits per heavy atom. The van der Waals surface area contributed by atoms with Crippen LogP contribution in [0.15, 0.2) is 54.7 Å². The molecule has 1 unspecified atom stereocenters. The SMILES string of the molecule is CCN1C(=O)C2CCCN2c2nc(NCc3ccc(NC(=O)c4ccc(F)cc4)cc3)ncc21. The second-order valence-corrected chi connectivity index (χ2v) is 8.35. The molecular formula is C25H25FN6O2. The van der Waals surface area contributed by atoms with Crippen LogP contribution in [0, 0.1) is 5.82 Å². The minimum atomic E-state index is -0.382. The van der Waals surface area contributed by atoms with Gasteiger partial charge in [-0.05, 0) is 61.7 Å². The first-order valence-corrected chi connectivity index (χ1v) is 11.4. The van der Waals surface area contributed by atoms with E-state index in [-0.39, 0.29) is 23.7 Å². The van der Waals surface area contributed by atoms with Crippen LogP contribution in [0.4, 0.5) is 27.5 Å². The lowest BCUT2D eigenvalue weighted by atomic mass is 10.1. The molecule has 2 aliphatic rings. The van der Waals surface area contributed by atoms with Crippen LogP contribution in [0.5, 0.6) is 0 Å². The lowest BCUT2D eigenvalue weighted by Gasteiger charge is -2.37. The molecule has 2 N–H and O–H groups in total. The van der Waals surface area contributed by atoms with Crippen LogP contribution >= 0.6 is 0 Å². The number of halogens is 1. The molecule has 2 amide bonds. The number of amides is 2. The van der Waals surface area contributed by atoms with Gasteiger partial charge in [-0.1, -0.05) is 12.1 Å². The number of hydrogen-bond donors (Lipinski definition) is 2. The number of nitrogens with zero attached hydrogens (tertiary/aromatic N) is 4. The summed E-state index contributed by atoms with van der Waals surface area (Å²) in [5, 5.41) is 6.05. The van der Waals surface area contributed by atoms with Crippen molar-refractivity contribution in [2.45, 2.75) is 32.4 Å². The van der Waals surface area contributed by atoms with E-state index in [1.807, 2.05) is 31.2 Å². The molecule has 174 valence electrons. The molecule has 1 saturated heterocycles. The molecule has 0 spiro atoms. The fraction of sp³-hybridized carbons (Fsp3) is 0.280. The Bertz CT molecular complexity index is 1220. The molecule has 0 aliphatic carbocycles. The van der Waals surface area contributed by atoms with Gasteiger partial charge in [-0.2, -0.15) is 4.98 Å². The van der Waals surface area contributed by atoms with Gasteiger partial charge in [0, 0.05) is 30.9 Å². The number of anilines is 4. The second kappa shape index (κ2) is 9.09. The molecule has 3 heterocycles. The van der Waals surface area contributed by atoms with Crippen molar-refractivity contribution in [3.63, 3.8) is 0 Å². The molecule has 5 rings (SSSR count). The standard InChI is InChI=1S/C25H25FN6O2/c1-2-31-21-15-28-25(30-22(21)32-13-3-4-20(32)24(31)34)27-14-16-5-11-19(12-6-16)29-23(33)17-7-9-18(26)10-8-17/h5-12,15,20H,2-4,13-14H2,1H3,(H,29,33)(H,27,28,30). The van der Waals surface area contributed by atoms with Crippen molar-refractivity contribution in [2.24, 2.45) is 0 Å². The van der Waals surface area contributed by atoms with Gasteiger partial charge in [0.2, 0.25) is 11.9 Å². The van der Waals surface area contributed by atoms with Crippen LogP contribution in [-0.4, -0.2) is 40.9 Å². The number of aromatic nitrogens is 2. The van der Waals surface area contributed by atoms with Crippen molar-refractivity contribution in [2.75, 3.05) is 33.5 Å². The Kier molecular flexibility index (Phi) is 5.83. The van der Waals surface area contributed by atoms with Crippen LogP contribution in [0.1, 0.15) is 35.7 Å². The van der Waals surface area contributed by atoms with Gasteiger partial charge in [0.15, 0.2) is 5.82 Å². The molecule has 1 atom stereocenters. The molecule has 2 aromatic carbocycles. The maximum atomic E-state index is 13.0. The maximum absolute atomic E-state index is 13.0. The van der Waals surface area contributed by atoms with E-state index in [0.717, 1.165) is 36.5 Å². The molecule has 9 heteroatoms.